The van der Waals surface area contributed by atoms with E-state index >= 15 is 4.39 Å². The van der Waals surface area contributed by atoms with E-state index in [-0.39, 0.29) is 17.5 Å². The Kier molecular flexibility index (Phi) is 8.27. The highest BCUT2D eigenvalue weighted by Crippen LogP contribution is 2.42. The lowest BCUT2D eigenvalue weighted by Crippen LogP contribution is -2.31. The molecular formula is C30H36ClFN6O2S. The molecule has 3 N–H and O–H groups in total. The molecule has 0 radical (unpaired) electrons. The zero-order valence-corrected chi connectivity index (χ0v) is 25.3. The minimum Gasteiger partial charge on any atom is -0.383 e. The second kappa shape index (κ2) is 11.6. The largest absolute Gasteiger partial charge is 0.383 e. The summed E-state index contributed by atoms with van der Waals surface area (Å²) in [4.78, 5) is 6.84. The average Bonchev–Trinajstić information content (AvgIpc) is 3.33. The van der Waals surface area contributed by atoms with E-state index in [0.717, 1.165) is 36.8 Å². The summed E-state index contributed by atoms with van der Waals surface area (Å²) >= 11 is 6.12. The van der Waals surface area contributed by atoms with Crippen LogP contribution in [0.3, 0.4) is 0 Å². The molecule has 2 aromatic heterocycles. The van der Waals surface area contributed by atoms with E-state index in [0.29, 0.717) is 45.0 Å². The molecule has 2 heterocycles. The Hall–Kier alpha value is -3.21. The summed E-state index contributed by atoms with van der Waals surface area (Å²) in [6, 6.07) is 11.6. The Morgan fingerprint density at radius 1 is 1.15 bits per heavy atom. The topological polar surface area (TPSA) is 106 Å². The molecule has 1 aliphatic rings. The molecule has 2 aromatic carbocycles. The molecule has 0 spiro atoms. The van der Waals surface area contributed by atoms with Gasteiger partial charge in [-0.3, -0.25) is 9.40 Å². The number of anilines is 2. The van der Waals surface area contributed by atoms with Crippen LogP contribution < -0.4 is 10.5 Å². The Bertz CT molecular complexity index is 1680. The van der Waals surface area contributed by atoms with Gasteiger partial charge >= 0.3 is 0 Å². The number of pyridine rings is 1. The third kappa shape index (κ3) is 6.05. The van der Waals surface area contributed by atoms with Crippen molar-refractivity contribution in [3.63, 3.8) is 0 Å². The summed E-state index contributed by atoms with van der Waals surface area (Å²) in [6.07, 6.45) is 6.16. The van der Waals surface area contributed by atoms with Gasteiger partial charge in [-0.25, -0.2) is 17.8 Å². The number of benzene rings is 2. The zero-order valence-electron chi connectivity index (χ0n) is 23.7. The van der Waals surface area contributed by atoms with Gasteiger partial charge in [0.05, 0.1) is 22.3 Å². The van der Waals surface area contributed by atoms with Gasteiger partial charge in [0, 0.05) is 28.9 Å². The van der Waals surface area contributed by atoms with Crippen LogP contribution in [0.15, 0.2) is 48.7 Å². The first-order valence-electron chi connectivity index (χ1n) is 13.8. The number of nitrogens with one attached hydrogen (secondary N) is 1. The van der Waals surface area contributed by atoms with E-state index in [2.05, 4.69) is 42.5 Å². The van der Waals surface area contributed by atoms with Gasteiger partial charge < -0.3 is 10.6 Å². The number of nitrogens with zero attached hydrogens (tertiary/aromatic N) is 4. The maximum Gasteiger partial charge on any atom is 0.237 e. The molecule has 1 saturated carbocycles. The third-order valence-electron chi connectivity index (χ3n) is 7.95. The SMILES string of the molecule is CC(C)n1nc(-c2ccc(NS(=O)(=O)Cc3ccccc3Cl)c(F)c2)c2c(N)ncc([C@H]3CC[C@H](N(C)C)CC3)c21. The fraction of sp³-hybridized carbons (Fsp3) is 0.400. The van der Waals surface area contributed by atoms with Crippen molar-refractivity contribution in [3.8, 4) is 11.3 Å². The van der Waals surface area contributed by atoms with Gasteiger partial charge in [0.1, 0.15) is 17.3 Å². The number of nitrogens with two attached hydrogens (primary N) is 1. The molecule has 1 aliphatic carbocycles. The minimum absolute atomic E-state index is 0.0330. The van der Waals surface area contributed by atoms with Gasteiger partial charge in [-0.15, -0.1) is 0 Å². The smallest absolute Gasteiger partial charge is 0.237 e. The highest BCUT2D eigenvalue weighted by molar-refractivity contribution is 7.91. The van der Waals surface area contributed by atoms with E-state index in [9.17, 15) is 8.42 Å². The molecule has 11 heteroatoms. The number of nitrogen functional groups attached to an aromatic ring is 1. The lowest BCUT2D eigenvalue weighted by Gasteiger charge is -2.33. The molecule has 5 rings (SSSR count). The number of hydrogen-bond donors (Lipinski definition) is 2. The standard InChI is InChI=1S/C30H36ClFN6O2S/c1-18(2)38-29-23(19-9-12-22(13-10-19)37(3)4)16-34-30(33)27(29)28(35-38)20-11-14-26(25(32)15-20)36-41(39,40)17-21-7-5-6-8-24(21)31/h5-8,11,14-16,18-19,22,36H,9-10,12-13,17H2,1-4H3,(H2,33,34)/t19-,22-. The summed E-state index contributed by atoms with van der Waals surface area (Å²) in [6.45, 7) is 4.11. The van der Waals surface area contributed by atoms with Crippen LogP contribution in [0, 0.1) is 5.82 Å². The molecule has 0 atom stereocenters. The van der Waals surface area contributed by atoms with Gasteiger partial charge in [0.15, 0.2) is 0 Å². The average molecular weight is 599 g/mol. The van der Waals surface area contributed by atoms with E-state index < -0.39 is 15.8 Å². The first-order valence-corrected chi connectivity index (χ1v) is 15.8. The Labute approximate surface area is 245 Å². The maximum absolute atomic E-state index is 15.4. The van der Waals surface area contributed by atoms with Crippen molar-refractivity contribution in [1.29, 1.82) is 0 Å². The van der Waals surface area contributed by atoms with Gasteiger partial charge in [-0.2, -0.15) is 5.10 Å². The molecular weight excluding hydrogens is 563 g/mol. The normalized spacial score (nSPS) is 18.0. The van der Waals surface area contributed by atoms with Crippen molar-refractivity contribution in [3.05, 3.63) is 70.6 Å². The summed E-state index contributed by atoms with van der Waals surface area (Å²) in [5, 5.41) is 5.92. The van der Waals surface area contributed by atoms with Crippen LogP contribution >= 0.6 is 11.6 Å². The van der Waals surface area contributed by atoms with Crippen molar-refractivity contribution >= 4 is 44.0 Å². The van der Waals surface area contributed by atoms with Crippen molar-refractivity contribution in [2.75, 3.05) is 24.6 Å². The molecule has 218 valence electrons. The van der Waals surface area contributed by atoms with Crippen molar-refractivity contribution in [2.45, 2.75) is 63.3 Å². The van der Waals surface area contributed by atoms with Gasteiger partial charge in [-0.1, -0.05) is 35.9 Å². The second-order valence-electron chi connectivity index (χ2n) is 11.3. The zero-order chi connectivity index (χ0) is 29.5. The van der Waals surface area contributed by atoms with Crippen LogP contribution in [0.4, 0.5) is 15.9 Å². The maximum atomic E-state index is 15.4. The number of halogens is 2. The number of sulfonamides is 1. The molecule has 0 amide bonds. The van der Waals surface area contributed by atoms with Crippen molar-refractivity contribution in [2.24, 2.45) is 0 Å². The first kappa shape index (κ1) is 29.3. The van der Waals surface area contributed by atoms with E-state index in [4.69, 9.17) is 22.4 Å². The Morgan fingerprint density at radius 3 is 2.49 bits per heavy atom. The van der Waals surface area contributed by atoms with Crippen LogP contribution in [0.2, 0.25) is 5.02 Å². The van der Waals surface area contributed by atoms with Crippen LogP contribution in [0.1, 0.15) is 62.6 Å². The number of fused-ring (bicyclic) bond motifs is 1. The number of rotatable bonds is 8. The molecule has 0 aliphatic heterocycles. The monoisotopic (exact) mass is 598 g/mol. The van der Waals surface area contributed by atoms with Gasteiger partial charge in [-0.05, 0) is 88.9 Å². The van der Waals surface area contributed by atoms with Crippen molar-refractivity contribution < 1.29 is 12.8 Å². The highest BCUT2D eigenvalue weighted by atomic mass is 35.5. The molecule has 41 heavy (non-hydrogen) atoms. The van der Waals surface area contributed by atoms with Crippen LogP contribution in [-0.2, 0) is 15.8 Å². The first-order chi connectivity index (χ1) is 19.4. The number of hydrogen-bond acceptors (Lipinski definition) is 6. The fourth-order valence-electron chi connectivity index (χ4n) is 5.77. The molecule has 8 nitrogen and oxygen atoms in total. The predicted molar refractivity (Wildman–Crippen MR) is 164 cm³/mol. The van der Waals surface area contributed by atoms with E-state index in [1.54, 1.807) is 30.3 Å². The van der Waals surface area contributed by atoms with Gasteiger partial charge in [0.25, 0.3) is 0 Å². The fourth-order valence-corrected chi connectivity index (χ4v) is 7.28. The number of aromatic nitrogens is 3. The Morgan fingerprint density at radius 2 is 1.85 bits per heavy atom. The quantitative estimate of drug-likeness (QED) is 0.237. The molecule has 4 aromatic rings. The summed E-state index contributed by atoms with van der Waals surface area (Å²) in [5.41, 5.74) is 9.77. The molecule has 1 fully saturated rings. The molecule has 0 unspecified atom stereocenters. The van der Waals surface area contributed by atoms with E-state index in [1.165, 1.54) is 12.1 Å². The van der Waals surface area contributed by atoms with Crippen LogP contribution in [0.25, 0.3) is 22.2 Å². The third-order valence-corrected chi connectivity index (χ3v) is 9.54. The molecule has 0 saturated heterocycles. The highest BCUT2D eigenvalue weighted by Gasteiger charge is 2.29. The summed E-state index contributed by atoms with van der Waals surface area (Å²) in [7, 11) is 0.341. The minimum atomic E-state index is -3.91. The Balaban J connectivity index is 1.50. The lowest BCUT2D eigenvalue weighted by molar-refractivity contribution is 0.216. The van der Waals surface area contributed by atoms with E-state index in [1.807, 2.05) is 10.9 Å². The second-order valence-corrected chi connectivity index (χ2v) is 13.5. The van der Waals surface area contributed by atoms with Crippen molar-refractivity contribution in [1.82, 2.24) is 19.7 Å². The van der Waals surface area contributed by atoms with Gasteiger partial charge in [0.2, 0.25) is 10.0 Å². The van der Waals surface area contributed by atoms with Crippen LogP contribution in [0.5, 0.6) is 0 Å². The lowest BCUT2D eigenvalue weighted by atomic mass is 9.81. The summed E-state index contributed by atoms with van der Waals surface area (Å²) < 4.78 is 45.3. The molecule has 0 bridgehead atoms. The van der Waals surface area contributed by atoms with Crippen LogP contribution in [-0.4, -0.2) is 48.2 Å². The summed E-state index contributed by atoms with van der Waals surface area (Å²) in [5.74, 6) is -0.436. The predicted octanol–water partition coefficient (Wildman–Crippen LogP) is 6.58.